The van der Waals surface area contributed by atoms with E-state index in [0.29, 0.717) is 30.5 Å². The summed E-state index contributed by atoms with van der Waals surface area (Å²) in [5.41, 5.74) is 0.524. The van der Waals surface area contributed by atoms with Crippen molar-refractivity contribution in [2.24, 2.45) is 0 Å². The van der Waals surface area contributed by atoms with Crippen LogP contribution in [0.4, 0.5) is 5.95 Å². The quantitative estimate of drug-likeness (QED) is 0.770. The number of carbonyl (C=O) groups is 1. The molecule has 0 spiro atoms. The summed E-state index contributed by atoms with van der Waals surface area (Å²) >= 11 is 0. The van der Waals surface area contributed by atoms with Gasteiger partial charge < -0.3 is 14.2 Å². The van der Waals surface area contributed by atoms with Crippen LogP contribution in [-0.2, 0) is 9.84 Å². The molecular formula is C19H24N4O4S. The summed E-state index contributed by atoms with van der Waals surface area (Å²) in [5, 5.41) is 0. The molecule has 150 valence electrons. The summed E-state index contributed by atoms with van der Waals surface area (Å²) in [6.07, 6.45) is 7.81. The standard InChI is InChI=1S/C19H24N4O4S/c1-28(25,26)16-12-20-19(22-8-2-3-9-22)21-17(16)14-6-4-10-23(13-14)18(24)15-7-5-11-27-15/h5,7,11-12,14H,2-4,6,8-10,13H2,1H3/t14-/m1/s1. The summed E-state index contributed by atoms with van der Waals surface area (Å²) in [6.45, 7) is 2.80. The fraction of sp³-hybridized carbons (Fsp3) is 0.526. The first-order valence-electron chi connectivity index (χ1n) is 9.58. The van der Waals surface area contributed by atoms with E-state index in [-0.39, 0.29) is 16.7 Å². The SMILES string of the molecule is CS(=O)(=O)c1cnc(N2CCCC2)nc1[C@@H]1CCCN(C(=O)c2ccco2)C1. The zero-order chi connectivity index (χ0) is 19.7. The number of anilines is 1. The van der Waals surface area contributed by atoms with Crippen LogP contribution < -0.4 is 4.90 Å². The molecule has 2 aromatic heterocycles. The van der Waals surface area contributed by atoms with Gasteiger partial charge in [-0.3, -0.25) is 4.79 Å². The van der Waals surface area contributed by atoms with Gasteiger partial charge in [-0.05, 0) is 37.8 Å². The summed E-state index contributed by atoms with van der Waals surface area (Å²) in [5.74, 6) is 0.546. The van der Waals surface area contributed by atoms with Crippen LogP contribution in [-0.4, -0.2) is 61.6 Å². The maximum Gasteiger partial charge on any atom is 0.289 e. The Labute approximate surface area is 164 Å². The van der Waals surface area contributed by atoms with Crippen molar-refractivity contribution >= 4 is 21.7 Å². The highest BCUT2D eigenvalue weighted by Crippen LogP contribution is 2.32. The van der Waals surface area contributed by atoms with E-state index < -0.39 is 9.84 Å². The molecule has 0 saturated carbocycles. The molecule has 0 radical (unpaired) electrons. The summed E-state index contributed by atoms with van der Waals surface area (Å²) in [6, 6.07) is 3.33. The third-order valence-corrected chi connectivity index (χ3v) is 6.50. The summed E-state index contributed by atoms with van der Waals surface area (Å²) in [4.78, 5) is 25.6. The minimum absolute atomic E-state index is 0.151. The Balaban J connectivity index is 1.65. The zero-order valence-corrected chi connectivity index (χ0v) is 16.7. The monoisotopic (exact) mass is 404 g/mol. The predicted octanol–water partition coefficient (Wildman–Crippen LogP) is 2.09. The second-order valence-electron chi connectivity index (χ2n) is 7.45. The van der Waals surface area contributed by atoms with Gasteiger partial charge in [0, 0.05) is 38.4 Å². The highest BCUT2D eigenvalue weighted by Gasteiger charge is 2.32. The second-order valence-corrected chi connectivity index (χ2v) is 9.44. The lowest BCUT2D eigenvalue weighted by molar-refractivity contribution is 0.0673. The lowest BCUT2D eigenvalue weighted by atomic mass is 9.94. The van der Waals surface area contributed by atoms with Crippen LogP contribution in [0.3, 0.4) is 0 Å². The molecule has 8 nitrogen and oxygen atoms in total. The first-order chi connectivity index (χ1) is 13.4. The van der Waals surface area contributed by atoms with Crippen LogP contribution >= 0.6 is 0 Å². The Bertz CT molecular complexity index is 952. The smallest absolute Gasteiger partial charge is 0.289 e. The topological polar surface area (TPSA) is 96.6 Å². The largest absolute Gasteiger partial charge is 0.459 e. The van der Waals surface area contributed by atoms with Gasteiger partial charge in [0.25, 0.3) is 5.91 Å². The van der Waals surface area contributed by atoms with E-state index in [0.717, 1.165) is 38.8 Å². The predicted molar refractivity (Wildman–Crippen MR) is 103 cm³/mol. The number of furan rings is 1. The Kier molecular flexibility index (Phi) is 5.09. The van der Waals surface area contributed by atoms with Crippen molar-refractivity contribution in [3.05, 3.63) is 36.0 Å². The fourth-order valence-electron chi connectivity index (χ4n) is 3.96. The number of nitrogens with zero attached hydrogens (tertiary/aromatic N) is 4. The van der Waals surface area contributed by atoms with Crippen LogP contribution in [0, 0.1) is 0 Å². The van der Waals surface area contributed by atoms with Gasteiger partial charge in [-0.2, -0.15) is 0 Å². The molecule has 0 aromatic carbocycles. The van der Waals surface area contributed by atoms with Crippen molar-refractivity contribution in [3.8, 4) is 0 Å². The molecule has 1 amide bonds. The average molecular weight is 404 g/mol. The van der Waals surface area contributed by atoms with Gasteiger partial charge in [0.05, 0.1) is 18.2 Å². The Morgan fingerprint density at radius 3 is 2.68 bits per heavy atom. The molecular weight excluding hydrogens is 380 g/mol. The highest BCUT2D eigenvalue weighted by molar-refractivity contribution is 7.90. The minimum Gasteiger partial charge on any atom is -0.459 e. The van der Waals surface area contributed by atoms with Crippen molar-refractivity contribution in [3.63, 3.8) is 0 Å². The Morgan fingerprint density at radius 1 is 1.21 bits per heavy atom. The van der Waals surface area contributed by atoms with Crippen LogP contribution in [0.15, 0.2) is 33.9 Å². The number of carbonyl (C=O) groups excluding carboxylic acids is 1. The molecule has 2 aliphatic rings. The number of hydrogen-bond donors (Lipinski definition) is 0. The maximum absolute atomic E-state index is 12.7. The molecule has 4 rings (SSSR count). The number of aromatic nitrogens is 2. The molecule has 0 bridgehead atoms. The van der Waals surface area contributed by atoms with E-state index in [1.807, 2.05) is 0 Å². The average Bonchev–Trinajstić information content (AvgIpc) is 3.40. The molecule has 0 N–H and O–H groups in total. The fourth-order valence-corrected chi connectivity index (χ4v) is 4.80. The molecule has 0 unspecified atom stereocenters. The lowest BCUT2D eigenvalue weighted by Crippen LogP contribution is -2.39. The number of likely N-dealkylation sites (tertiary alicyclic amines) is 1. The van der Waals surface area contributed by atoms with Crippen molar-refractivity contribution < 1.29 is 17.6 Å². The van der Waals surface area contributed by atoms with Crippen molar-refractivity contribution in [1.82, 2.24) is 14.9 Å². The summed E-state index contributed by atoms with van der Waals surface area (Å²) in [7, 11) is -3.47. The molecule has 2 fully saturated rings. The Morgan fingerprint density at radius 2 is 2.00 bits per heavy atom. The van der Waals surface area contributed by atoms with E-state index in [1.165, 1.54) is 18.7 Å². The van der Waals surface area contributed by atoms with E-state index in [4.69, 9.17) is 4.42 Å². The first kappa shape index (κ1) is 18.9. The number of sulfone groups is 1. The van der Waals surface area contributed by atoms with Crippen LogP contribution in [0.25, 0.3) is 0 Å². The summed E-state index contributed by atoms with van der Waals surface area (Å²) < 4.78 is 29.9. The number of hydrogen-bond acceptors (Lipinski definition) is 7. The van der Waals surface area contributed by atoms with Gasteiger partial charge in [-0.25, -0.2) is 18.4 Å². The van der Waals surface area contributed by atoms with Crippen molar-refractivity contribution in [2.75, 3.05) is 37.3 Å². The molecule has 0 aliphatic carbocycles. The highest BCUT2D eigenvalue weighted by atomic mass is 32.2. The van der Waals surface area contributed by atoms with Crippen LogP contribution in [0.5, 0.6) is 0 Å². The van der Waals surface area contributed by atoms with E-state index in [2.05, 4.69) is 14.9 Å². The first-order valence-corrected chi connectivity index (χ1v) is 11.5. The molecule has 4 heterocycles. The third-order valence-electron chi connectivity index (χ3n) is 5.39. The van der Waals surface area contributed by atoms with Crippen molar-refractivity contribution in [2.45, 2.75) is 36.5 Å². The minimum atomic E-state index is -3.47. The number of piperidine rings is 1. The lowest BCUT2D eigenvalue weighted by Gasteiger charge is -2.32. The van der Waals surface area contributed by atoms with Gasteiger partial charge in [-0.1, -0.05) is 0 Å². The molecule has 1 atom stereocenters. The van der Waals surface area contributed by atoms with Gasteiger partial charge in [-0.15, -0.1) is 0 Å². The van der Waals surface area contributed by atoms with E-state index in [9.17, 15) is 13.2 Å². The Hall–Kier alpha value is -2.42. The molecule has 9 heteroatoms. The van der Waals surface area contributed by atoms with Crippen LogP contribution in [0.1, 0.15) is 47.8 Å². The second kappa shape index (κ2) is 7.54. The maximum atomic E-state index is 12.7. The van der Waals surface area contributed by atoms with Gasteiger partial charge in [0.1, 0.15) is 4.90 Å². The van der Waals surface area contributed by atoms with Gasteiger partial charge >= 0.3 is 0 Å². The zero-order valence-electron chi connectivity index (χ0n) is 15.9. The van der Waals surface area contributed by atoms with Crippen molar-refractivity contribution in [1.29, 1.82) is 0 Å². The van der Waals surface area contributed by atoms with E-state index >= 15 is 0 Å². The number of rotatable bonds is 4. The van der Waals surface area contributed by atoms with Gasteiger partial charge in [0.15, 0.2) is 15.6 Å². The van der Waals surface area contributed by atoms with Crippen LogP contribution in [0.2, 0.25) is 0 Å². The normalized spacial score (nSPS) is 20.5. The third kappa shape index (κ3) is 3.76. The number of amides is 1. The van der Waals surface area contributed by atoms with Gasteiger partial charge in [0.2, 0.25) is 5.95 Å². The van der Waals surface area contributed by atoms with E-state index in [1.54, 1.807) is 17.0 Å². The molecule has 2 saturated heterocycles. The molecule has 28 heavy (non-hydrogen) atoms. The molecule has 2 aliphatic heterocycles. The molecule has 2 aromatic rings.